The molecule has 4 heteroatoms. The average Bonchev–Trinajstić information content (AvgIpc) is 2.83. The normalized spacial score (nSPS) is 42.8. The smallest absolute Gasteiger partial charge is 0.188 e. The summed E-state index contributed by atoms with van der Waals surface area (Å²) >= 11 is 0. The molecule has 102 valence electrons. The first-order valence-electron chi connectivity index (χ1n) is 7.01. The van der Waals surface area contributed by atoms with Gasteiger partial charge in [-0.05, 0) is 25.5 Å². The Bertz CT molecular complexity index is 486. The van der Waals surface area contributed by atoms with E-state index < -0.39 is 11.2 Å². The van der Waals surface area contributed by atoms with Gasteiger partial charge in [0.1, 0.15) is 11.9 Å². The van der Waals surface area contributed by atoms with Crippen molar-refractivity contribution in [2.24, 2.45) is 11.3 Å². The van der Waals surface area contributed by atoms with Crippen molar-refractivity contribution in [3.8, 4) is 0 Å². The van der Waals surface area contributed by atoms with Gasteiger partial charge in [-0.2, -0.15) is 0 Å². The van der Waals surface area contributed by atoms with Gasteiger partial charge in [0.05, 0.1) is 24.4 Å². The largest absolute Gasteiger partial charge is 0.495 e. The van der Waals surface area contributed by atoms with Gasteiger partial charge in [-0.15, -0.1) is 0 Å². The number of hydrogen-bond donors (Lipinski definition) is 0. The standard InChI is InChI=1S/C15H18O4/c1-10-8-14-4-5-15(17-6-7-18-15)9-11(14)12(19-10)2-3-13(14)16/h4-5,8,11-12H,2-3,6-7,9H2,1H3. The Labute approximate surface area is 112 Å². The molecule has 4 aliphatic rings. The zero-order valence-electron chi connectivity index (χ0n) is 11.1. The molecule has 3 unspecified atom stereocenters. The van der Waals surface area contributed by atoms with Gasteiger partial charge in [-0.1, -0.05) is 6.08 Å². The zero-order valence-corrected chi connectivity index (χ0v) is 11.1. The van der Waals surface area contributed by atoms with Crippen molar-refractivity contribution in [3.05, 3.63) is 24.0 Å². The molecule has 0 aromatic carbocycles. The lowest BCUT2D eigenvalue weighted by atomic mass is 9.58. The van der Waals surface area contributed by atoms with Crippen LogP contribution in [0.5, 0.6) is 0 Å². The van der Waals surface area contributed by atoms with Crippen LogP contribution in [0.15, 0.2) is 24.0 Å². The summed E-state index contributed by atoms with van der Waals surface area (Å²) in [4.78, 5) is 12.5. The lowest BCUT2D eigenvalue weighted by molar-refractivity contribution is -0.171. The lowest BCUT2D eigenvalue weighted by Crippen LogP contribution is -2.55. The Balaban J connectivity index is 1.82. The zero-order chi connectivity index (χ0) is 13.1. The molecule has 1 saturated heterocycles. The third kappa shape index (κ3) is 1.50. The topological polar surface area (TPSA) is 44.8 Å². The minimum absolute atomic E-state index is 0.109. The molecule has 2 heterocycles. The predicted molar refractivity (Wildman–Crippen MR) is 67.2 cm³/mol. The Kier molecular flexibility index (Phi) is 2.28. The number of carbonyl (C=O) groups excluding carboxylic acids is 1. The maximum Gasteiger partial charge on any atom is 0.188 e. The molecule has 1 spiro atoms. The second-order valence-electron chi connectivity index (χ2n) is 5.96. The summed E-state index contributed by atoms with van der Waals surface area (Å²) in [6.07, 6.45) is 8.18. The number of rotatable bonds is 0. The molecule has 3 atom stereocenters. The summed E-state index contributed by atoms with van der Waals surface area (Å²) in [5.74, 6) is 0.691. The van der Waals surface area contributed by atoms with Crippen LogP contribution < -0.4 is 0 Å². The third-order valence-corrected chi connectivity index (χ3v) is 4.87. The number of ketones is 1. The Morgan fingerprint density at radius 1 is 1.26 bits per heavy atom. The van der Waals surface area contributed by atoms with Gasteiger partial charge in [0, 0.05) is 18.8 Å². The van der Waals surface area contributed by atoms with Crippen molar-refractivity contribution < 1.29 is 19.0 Å². The molecular formula is C15H18O4. The molecule has 4 rings (SSSR count). The highest BCUT2D eigenvalue weighted by Gasteiger charge is 2.58. The first kappa shape index (κ1) is 11.7. The van der Waals surface area contributed by atoms with Crippen LogP contribution in [0.1, 0.15) is 26.2 Å². The number of hydrogen-bond acceptors (Lipinski definition) is 4. The van der Waals surface area contributed by atoms with Crippen LogP contribution in [-0.2, 0) is 19.0 Å². The van der Waals surface area contributed by atoms with Gasteiger partial charge in [0.15, 0.2) is 5.79 Å². The van der Waals surface area contributed by atoms with Crippen molar-refractivity contribution in [3.63, 3.8) is 0 Å². The molecule has 19 heavy (non-hydrogen) atoms. The molecule has 0 amide bonds. The first-order chi connectivity index (χ1) is 9.14. The van der Waals surface area contributed by atoms with Crippen molar-refractivity contribution in [1.29, 1.82) is 0 Å². The van der Waals surface area contributed by atoms with Crippen LogP contribution in [0.2, 0.25) is 0 Å². The van der Waals surface area contributed by atoms with Crippen LogP contribution in [0.3, 0.4) is 0 Å². The van der Waals surface area contributed by atoms with Crippen LogP contribution in [0.25, 0.3) is 0 Å². The second-order valence-corrected chi connectivity index (χ2v) is 5.96. The van der Waals surface area contributed by atoms with Crippen LogP contribution in [-0.4, -0.2) is 30.9 Å². The molecule has 2 aliphatic heterocycles. The van der Waals surface area contributed by atoms with E-state index in [9.17, 15) is 4.79 Å². The van der Waals surface area contributed by atoms with E-state index in [-0.39, 0.29) is 12.0 Å². The number of carbonyl (C=O) groups is 1. The summed E-state index contributed by atoms with van der Waals surface area (Å²) in [5.41, 5.74) is -0.480. The van der Waals surface area contributed by atoms with Gasteiger partial charge >= 0.3 is 0 Å². The SMILES string of the molecule is CC1=CC23C=CC4(CC2C(CCC3=O)O1)OCCO4. The fourth-order valence-corrected chi connectivity index (χ4v) is 4.03. The highest BCUT2D eigenvalue weighted by atomic mass is 16.7. The molecule has 2 bridgehead atoms. The molecular weight excluding hydrogens is 244 g/mol. The van der Waals surface area contributed by atoms with Crippen molar-refractivity contribution >= 4 is 5.78 Å². The summed E-state index contributed by atoms with van der Waals surface area (Å²) < 4.78 is 17.5. The lowest BCUT2D eigenvalue weighted by Gasteiger charge is -2.51. The van der Waals surface area contributed by atoms with E-state index in [0.29, 0.717) is 31.8 Å². The van der Waals surface area contributed by atoms with Gasteiger partial charge in [0.25, 0.3) is 0 Å². The van der Waals surface area contributed by atoms with Crippen molar-refractivity contribution in [2.75, 3.05) is 13.2 Å². The summed E-state index contributed by atoms with van der Waals surface area (Å²) in [6, 6.07) is 0. The number of ether oxygens (including phenoxy) is 3. The van der Waals surface area contributed by atoms with E-state index in [4.69, 9.17) is 14.2 Å². The first-order valence-corrected chi connectivity index (χ1v) is 7.01. The van der Waals surface area contributed by atoms with Gasteiger partial charge in [-0.3, -0.25) is 4.79 Å². The third-order valence-electron chi connectivity index (χ3n) is 4.87. The average molecular weight is 262 g/mol. The highest BCUT2D eigenvalue weighted by Crippen LogP contribution is 2.54. The molecule has 1 saturated carbocycles. The van der Waals surface area contributed by atoms with Crippen LogP contribution >= 0.6 is 0 Å². The molecule has 2 fully saturated rings. The Hall–Kier alpha value is -1.13. The molecule has 0 aromatic rings. The van der Waals surface area contributed by atoms with Crippen LogP contribution in [0, 0.1) is 11.3 Å². The van der Waals surface area contributed by atoms with E-state index in [2.05, 4.69) is 0 Å². The molecule has 0 radical (unpaired) electrons. The summed E-state index contributed by atoms with van der Waals surface area (Å²) in [6.45, 7) is 3.18. The van der Waals surface area contributed by atoms with E-state index in [1.165, 1.54) is 0 Å². The van der Waals surface area contributed by atoms with E-state index in [1.807, 2.05) is 25.2 Å². The molecule has 0 aromatic heterocycles. The highest BCUT2D eigenvalue weighted by molar-refractivity contribution is 5.90. The molecule has 4 nitrogen and oxygen atoms in total. The molecule has 2 aliphatic carbocycles. The van der Waals surface area contributed by atoms with E-state index in [0.717, 1.165) is 12.2 Å². The monoisotopic (exact) mass is 262 g/mol. The predicted octanol–water partition coefficient (Wildman–Crippen LogP) is 1.96. The van der Waals surface area contributed by atoms with Crippen molar-refractivity contribution in [2.45, 2.75) is 38.1 Å². The maximum atomic E-state index is 12.5. The summed E-state index contributed by atoms with van der Waals surface area (Å²) in [7, 11) is 0. The molecule has 0 N–H and O–H groups in total. The number of allylic oxidation sites excluding steroid dienone is 3. The minimum atomic E-state index is -0.619. The van der Waals surface area contributed by atoms with Gasteiger partial charge < -0.3 is 14.2 Å². The fourth-order valence-electron chi connectivity index (χ4n) is 4.03. The number of Topliss-reactive ketones (excluding diaryl/α,β-unsaturated/α-hetero) is 1. The summed E-state index contributed by atoms with van der Waals surface area (Å²) in [5, 5.41) is 0. The van der Waals surface area contributed by atoms with E-state index >= 15 is 0 Å². The fraction of sp³-hybridized carbons (Fsp3) is 0.667. The van der Waals surface area contributed by atoms with E-state index in [1.54, 1.807) is 0 Å². The Morgan fingerprint density at radius 2 is 2.05 bits per heavy atom. The van der Waals surface area contributed by atoms with Crippen LogP contribution in [0.4, 0.5) is 0 Å². The Morgan fingerprint density at radius 3 is 2.84 bits per heavy atom. The van der Waals surface area contributed by atoms with Gasteiger partial charge in [-0.25, -0.2) is 0 Å². The van der Waals surface area contributed by atoms with Crippen molar-refractivity contribution in [1.82, 2.24) is 0 Å². The van der Waals surface area contributed by atoms with Gasteiger partial charge in [0.2, 0.25) is 0 Å². The maximum absolute atomic E-state index is 12.5. The second kappa shape index (κ2) is 3.70. The minimum Gasteiger partial charge on any atom is -0.495 e. The quantitative estimate of drug-likeness (QED) is 0.626.